The Labute approximate surface area is 140 Å². The fourth-order valence-electron chi connectivity index (χ4n) is 3.27. The lowest BCUT2D eigenvalue weighted by atomic mass is 9.97. The fraction of sp³-hybridized carbons (Fsp3) is 0.118. The SMILES string of the molecule is [C-]#[N+]c1sc2nc[n+](C)c3c2c1Oc1cc2sccc2c(C)c1-3. The summed E-state index contributed by atoms with van der Waals surface area (Å²) in [6, 6.07) is 4.24. The van der Waals surface area contributed by atoms with Gasteiger partial charge in [-0.25, -0.2) is 9.41 Å². The highest BCUT2D eigenvalue weighted by molar-refractivity contribution is 7.23. The molecule has 0 aliphatic carbocycles. The maximum atomic E-state index is 7.42. The standard InChI is InChI=1S/C17H10N3OS2/c1-8-9-4-5-22-11(9)6-10-12(8)14-13-15(21-10)17(18-2)23-16(13)19-7-20(14)3/h4-7H,1,3H3/q+1. The Bertz CT molecular complexity index is 1180. The molecule has 5 rings (SSSR count). The first-order chi connectivity index (χ1) is 11.2. The van der Waals surface area contributed by atoms with E-state index in [4.69, 9.17) is 11.3 Å². The molecule has 0 radical (unpaired) electrons. The van der Waals surface area contributed by atoms with Crippen LogP contribution in [-0.2, 0) is 7.05 Å². The molecule has 0 saturated heterocycles. The second kappa shape index (κ2) is 4.28. The molecule has 0 amide bonds. The average Bonchev–Trinajstić information content (AvgIpc) is 3.15. The van der Waals surface area contributed by atoms with Crippen molar-refractivity contribution in [2.45, 2.75) is 6.92 Å². The van der Waals surface area contributed by atoms with Gasteiger partial charge >= 0.3 is 0 Å². The molecule has 0 bridgehead atoms. The van der Waals surface area contributed by atoms with Crippen LogP contribution in [0.3, 0.4) is 0 Å². The smallest absolute Gasteiger partial charge is 0.288 e. The van der Waals surface area contributed by atoms with E-state index in [0.29, 0.717) is 10.8 Å². The van der Waals surface area contributed by atoms with Crippen LogP contribution >= 0.6 is 22.7 Å². The molecule has 0 atom stereocenters. The minimum Gasteiger partial charge on any atom is -0.466 e. The molecule has 0 N–H and O–H groups in total. The summed E-state index contributed by atoms with van der Waals surface area (Å²) in [5.74, 6) is 1.48. The second-order valence-electron chi connectivity index (χ2n) is 5.54. The van der Waals surface area contributed by atoms with E-state index < -0.39 is 0 Å². The molecule has 4 aromatic rings. The van der Waals surface area contributed by atoms with Gasteiger partial charge in [0, 0.05) is 4.70 Å². The molecule has 4 nitrogen and oxygen atoms in total. The van der Waals surface area contributed by atoms with Crippen LogP contribution in [0.4, 0.5) is 5.00 Å². The van der Waals surface area contributed by atoms with Crippen molar-refractivity contribution in [2.24, 2.45) is 7.05 Å². The zero-order valence-corrected chi connectivity index (χ0v) is 14.0. The Balaban J connectivity index is 2.03. The summed E-state index contributed by atoms with van der Waals surface area (Å²) >= 11 is 3.10. The van der Waals surface area contributed by atoms with Crippen molar-refractivity contribution in [3.05, 3.63) is 40.8 Å². The lowest BCUT2D eigenvalue weighted by Crippen LogP contribution is -2.32. The summed E-state index contributed by atoms with van der Waals surface area (Å²) in [4.78, 5) is 8.95. The lowest BCUT2D eigenvalue weighted by molar-refractivity contribution is -0.662. The third-order valence-electron chi connectivity index (χ3n) is 4.30. The van der Waals surface area contributed by atoms with Crippen molar-refractivity contribution in [3.8, 4) is 22.8 Å². The van der Waals surface area contributed by atoms with Crippen molar-refractivity contribution < 1.29 is 9.30 Å². The average molecular weight is 336 g/mol. The fourth-order valence-corrected chi connectivity index (χ4v) is 5.00. The van der Waals surface area contributed by atoms with E-state index in [1.54, 1.807) is 11.3 Å². The highest BCUT2D eigenvalue weighted by atomic mass is 32.1. The minimum atomic E-state index is 0.564. The first-order valence-corrected chi connectivity index (χ1v) is 8.76. The number of hydrogen-bond acceptors (Lipinski definition) is 4. The van der Waals surface area contributed by atoms with Crippen molar-refractivity contribution >= 4 is 48.0 Å². The molecular weight excluding hydrogens is 326 g/mol. The Morgan fingerprint density at radius 2 is 2.26 bits per heavy atom. The van der Waals surface area contributed by atoms with Crippen molar-refractivity contribution in [1.29, 1.82) is 0 Å². The largest absolute Gasteiger partial charge is 0.466 e. The van der Waals surface area contributed by atoms with E-state index >= 15 is 0 Å². The van der Waals surface area contributed by atoms with Gasteiger partial charge in [-0.1, -0.05) is 0 Å². The van der Waals surface area contributed by atoms with Gasteiger partial charge in [0.25, 0.3) is 11.3 Å². The molecular formula is C17H10N3OS2+. The first-order valence-electron chi connectivity index (χ1n) is 7.06. The van der Waals surface area contributed by atoms with E-state index in [9.17, 15) is 0 Å². The van der Waals surface area contributed by atoms with Crippen LogP contribution in [0.25, 0.3) is 36.4 Å². The number of rotatable bonds is 0. The molecule has 0 fully saturated rings. The van der Waals surface area contributed by atoms with E-state index in [-0.39, 0.29) is 0 Å². The second-order valence-corrected chi connectivity index (χ2v) is 7.47. The molecule has 0 spiro atoms. The normalized spacial score (nSPS) is 12.2. The quantitative estimate of drug-likeness (QED) is 0.295. The maximum absolute atomic E-state index is 7.42. The summed E-state index contributed by atoms with van der Waals surface area (Å²) in [7, 11) is 1.99. The molecule has 1 aliphatic rings. The van der Waals surface area contributed by atoms with Gasteiger partial charge in [-0.2, -0.15) is 0 Å². The van der Waals surface area contributed by atoms with Crippen LogP contribution < -0.4 is 9.30 Å². The number of benzene rings is 1. The molecule has 110 valence electrons. The van der Waals surface area contributed by atoms with Crippen LogP contribution in [0.2, 0.25) is 0 Å². The van der Waals surface area contributed by atoms with Gasteiger partial charge in [0.1, 0.15) is 11.1 Å². The molecule has 4 heterocycles. The molecule has 6 heteroatoms. The number of thiophene rings is 2. The monoisotopic (exact) mass is 336 g/mol. The topological polar surface area (TPSA) is 30.4 Å². The van der Waals surface area contributed by atoms with Crippen molar-refractivity contribution in [3.63, 3.8) is 0 Å². The molecule has 0 saturated carbocycles. The van der Waals surface area contributed by atoms with Crippen LogP contribution in [-0.4, -0.2) is 4.98 Å². The Morgan fingerprint density at radius 3 is 3.09 bits per heavy atom. The van der Waals surface area contributed by atoms with Crippen molar-refractivity contribution in [1.82, 2.24) is 4.98 Å². The Kier molecular flexibility index (Phi) is 2.42. The minimum absolute atomic E-state index is 0.564. The third-order valence-corrected chi connectivity index (χ3v) is 6.14. The first kappa shape index (κ1) is 13.0. The van der Waals surface area contributed by atoms with Crippen LogP contribution in [0.15, 0.2) is 23.8 Å². The van der Waals surface area contributed by atoms with Gasteiger partial charge in [0.15, 0.2) is 11.4 Å². The number of ether oxygens (including phenoxy) is 1. The summed E-state index contributed by atoms with van der Waals surface area (Å²) in [5.41, 5.74) is 3.40. The molecule has 0 unspecified atom stereocenters. The van der Waals surface area contributed by atoms with Gasteiger partial charge in [-0.05, 0) is 40.4 Å². The van der Waals surface area contributed by atoms with Crippen LogP contribution in [0.1, 0.15) is 5.56 Å². The highest BCUT2D eigenvalue weighted by Gasteiger charge is 2.33. The zero-order valence-electron chi connectivity index (χ0n) is 12.4. The summed E-state index contributed by atoms with van der Waals surface area (Å²) in [6.07, 6.45) is 1.82. The van der Waals surface area contributed by atoms with Crippen LogP contribution in [0, 0.1) is 13.5 Å². The number of nitrogens with zero attached hydrogens (tertiary/aromatic N) is 3. The van der Waals surface area contributed by atoms with E-state index in [1.165, 1.54) is 27.0 Å². The molecule has 1 aromatic carbocycles. The van der Waals surface area contributed by atoms with Gasteiger partial charge in [-0.3, -0.25) is 0 Å². The summed E-state index contributed by atoms with van der Waals surface area (Å²) in [6.45, 7) is 9.56. The van der Waals surface area contributed by atoms with Gasteiger partial charge in [0.05, 0.1) is 19.2 Å². The Morgan fingerprint density at radius 1 is 1.39 bits per heavy atom. The number of aromatic nitrogens is 2. The zero-order chi connectivity index (χ0) is 15.7. The van der Waals surface area contributed by atoms with Gasteiger partial charge in [0.2, 0.25) is 4.83 Å². The predicted octanol–water partition coefficient (Wildman–Crippen LogP) is 4.97. The van der Waals surface area contributed by atoms with E-state index in [0.717, 1.165) is 27.2 Å². The highest BCUT2D eigenvalue weighted by Crippen LogP contribution is 2.54. The predicted molar refractivity (Wildman–Crippen MR) is 92.7 cm³/mol. The summed E-state index contributed by atoms with van der Waals surface area (Å²) < 4.78 is 9.41. The number of aryl methyl sites for hydroxylation is 2. The molecule has 1 aliphatic heterocycles. The summed E-state index contributed by atoms with van der Waals surface area (Å²) in [5, 5.41) is 4.88. The lowest BCUT2D eigenvalue weighted by Gasteiger charge is -2.19. The van der Waals surface area contributed by atoms with Crippen LogP contribution in [0.5, 0.6) is 11.5 Å². The van der Waals surface area contributed by atoms with Crippen molar-refractivity contribution in [2.75, 3.05) is 0 Å². The van der Waals surface area contributed by atoms with Gasteiger partial charge in [-0.15, -0.1) is 22.7 Å². The Hall–Kier alpha value is -2.49. The number of hydrogen-bond donors (Lipinski definition) is 0. The molecule has 23 heavy (non-hydrogen) atoms. The van der Waals surface area contributed by atoms with Gasteiger partial charge < -0.3 is 4.74 Å². The van der Waals surface area contributed by atoms with E-state index in [2.05, 4.69) is 34.3 Å². The maximum Gasteiger partial charge on any atom is 0.288 e. The third kappa shape index (κ3) is 1.53. The van der Waals surface area contributed by atoms with E-state index in [1.807, 2.05) is 17.9 Å². The number of fused-ring (bicyclic) bond motifs is 3. The molecule has 3 aromatic heterocycles.